The molecule has 1 aromatic carbocycles. The summed E-state index contributed by atoms with van der Waals surface area (Å²) in [6.45, 7) is 1.48. The third-order valence-corrected chi connectivity index (χ3v) is 6.49. The van der Waals surface area contributed by atoms with Crippen molar-refractivity contribution >= 4 is 45.6 Å². The van der Waals surface area contributed by atoms with Gasteiger partial charge in [-0.15, -0.1) is 11.3 Å². The van der Waals surface area contributed by atoms with Crippen molar-refractivity contribution in [1.82, 2.24) is 20.2 Å². The van der Waals surface area contributed by atoms with E-state index < -0.39 is 0 Å². The van der Waals surface area contributed by atoms with Gasteiger partial charge in [0.25, 0.3) is 0 Å². The summed E-state index contributed by atoms with van der Waals surface area (Å²) in [6.07, 6.45) is 3.96. The van der Waals surface area contributed by atoms with E-state index in [2.05, 4.69) is 30.8 Å². The van der Waals surface area contributed by atoms with Crippen LogP contribution in [-0.2, 0) is 4.79 Å². The van der Waals surface area contributed by atoms with Gasteiger partial charge in [0.05, 0.1) is 31.6 Å². The molecule has 178 valence electrons. The highest BCUT2D eigenvalue weighted by Gasteiger charge is 2.33. The molecule has 0 spiro atoms. The minimum Gasteiger partial charge on any atom is -0.495 e. The van der Waals surface area contributed by atoms with Crippen LogP contribution in [0.2, 0.25) is 5.02 Å². The fourth-order valence-corrected chi connectivity index (χ4v) is 4.55. The number of likely N-dealkylation sites (tertiary alicyclic amines) is 1. The van der Waals surface area contributed by atoms with Crippen LogP contribution in [0.15, 0.2) is 54.3 Å². The number of carbonyl (C=O) groups is 2. The second-order valence-corrected chi connectivity index (χ2v) is 9.20. The molecule has 3 N–H and O–H groups in total. The van der Waals surface area contributed by atoms with Crippen molar-refractivity contribution in [3.05, 3.63) is 65.0 Å². The van der Waals surface area contributed by atoms with Gasteiger partial charge in [-0.05, 0) is 42.8 Å². The Morgan fingerprint density at radius 1 is 1.18 bits per heavy atom. The quantitative estimate of drug-likeness (QED) is 0.455. The van der Waals surface area contributed by atoms with Crippen LogP contribution >= 0.6 is 22.9 Å². The SMILES string of the molecule is COc1ccc([C@@H]2CN(CC(=O)Nc3cncs3)CC[C@H]2NC(=O)Nc2ccc(Cl)cc2)nc1. The first kappa shape index (κ1) is 23.9. The second kappa shape index (κ2) is 11.3. The Bertz CT molecular complexity index is 1090. The van der Waals surface area contributed by atoms with Crippen LogP contribution in [-0.4, -0.2) is 59.6 Å². The van der Waals surface area contributed by atoms with E-state index >= 15 is 0 Å². The fraction of sp³-hybridized carbons (Fsp3) is 0.304. The predicted octanol–water partition coefficient (Wildman–Crippen LogP) is 3.82. The summed E-state index contributed by atoms with van der Waals surface area (Å²) in [5.41, 5.74) is 3.15. The van der Waals surface area contributed by atoms with E-state index in [-0.39, 0.29) is 30.4 Å². The summed E-state index contributed by atoms with van der Waals surface area (Å²) < 4.78 is 5.23. The zero-order chi connectivity index (χ0) is 23.9. The average Bonchev–Trinajstić information content (AvgIpc) is 3.34. The van der Waals surface area contributed by atoms with Crippen LogP contribution < -0.4 is 20.7 Å². The topological polar surface area (TPSA) is 108 Å². The zero-order valence-electron chi connectivity index (χ0n) is 18.5. The van der Waals surface area contributed by atoms with Gasteiger partial charge in [0, 0.05) is 41.5 Å². The molecule has 2 aromatic heterocycles. The smallest absolute Gasteiger partial charge is 0.319 e. The van der Waals surface area contributed by atoms with Gasteiger partial charge in [-0.1, -0.05) is 11.6 Å². The van der Waals surface area contributed by atoms with E-state index in [9.17, 15) is 9.59 Å². The summed E-state index contributed by atoms with van der Waals surface area (Å²) in [7, 11) is 1.59. The zero-order valence-corrected chi connectivity index (χ0v) is 20.1. The number of benzene rings is 1. The van der Waals surface area contributed by atoms with Crippen LogP contribution in [0.1, 0.15) is 18.0 Å². The number of thiazole rings is 1. The summed E-state index contributed by atoms with van der Waals surface area (Å²) >= 11 is 7.30. The van der Waals surface area contributed by atoms with Crippen LogP contribution in [0.3, 0.4) is 0 Å². The van der Waals surface area contributed by atoms with Crippen molar-refractivity contribution in [3.63, 3.8) is 0 Å². The number of nitrogens with zero attached hydrogens (tertiary/aromatic N) is 3. The van der Waals surface area contributed by atoms with Gasteiger partial charge in [-0.3, -0.25) is 19.7 Å². The molecule has 34 heavy (non-hydrogen) atoms. The molecular formula is C23H25ClN6O3S. The van der Waals surface area contributed by atoms with E-state index in [0.717, 1.165) is 5.69 Å². The Hall–Kier alpha value is -3.21. The van der Waals surface area contributed by atoms with Crippen LogP contribution in [0.5, 0.6) is 5.75 Å². The Kier molecular flexibility index (Phi) is 7.94. The van der Waals surface area contributed by atoms with Crippen LogP contribution in [0.4, 0.5) is 15.5 Å². The number of methoxy groups -OCH3 is 1. The first-order valence-electron chi connectivity index (χ1n) is 10.7. The van der Waals surface area contributed by atoms with Crippen molar-refractivity contribution in [2.75, 3.05) is 37.4 Å². The molecule has 0 saturated carbocycles. The van der Waals surface area contributed by atoms with E-state index in [1.54, 1.807) is 49.3 Å². The van der Waals surface area contributed by atoms with Crippen molar-refractivity contribution < 1.29 is 14.3 Å². The molecule has 1 aliphatic heterocycles. The molecule has 3 amide bonds. The number of aromatic nitrogens is 2. The maximum absolute atomic E-state index is 12.7. The number of piperidine rings is 1. The maximum Gasteiger partial charge on any atom is 0.319 e. The third kappa shape index (κ3) is 6.43. The van der Waals surface area contributed by atoms with Gasteiger partial charge >= 0.3 is 6.03 Å². The number of pyridine rings is 1. The Labute approximate surface area is 206 Å². The molecule has 3 heterocycles. The number of halogens is 1. The average molecular weight is 501 g/mol. The number of hydrogen-bond acceptors (Lipinski definition) is 7. The van der Waals surface area contributed by atoms with E-state index in [1.165, 1.54) is 11.3 Å². The lowest BCUT2D eigenvalue weighted by Gasteiger charge is -2.38. The lowest BCUT2D eigenvalue weighted by Crippen LogP contribution is -2.52. The molecule has 3 aromatic rings. The first-order valence-corrected chi connectivity index (χ1v) is 12.0. The predicted molar refractivity (Wildman–Crippen MR) is 133 cm³/mol. The molecule has 1 saturated heterocycles. The maximum atomic E-state index is 12.7. The van der Waals surface area contributed by atoms with Crippen molar-refractivity contribution in [3.8, 4) is 5.75 Å². The molecule has 11 heteroatoms. The highest BCUT2D eigenvalue weighted by atomic mass is 35.5. The van der Waals surface area contributed by atoms with Gasteiger partial charge in [0.2, 0.25) is 5.91 Å². The lowest BCUT2D eigenvalue weighted by atomic mass is 9.88. The van der Waals surface area contributed by atoms with Gasteiger partial charge in [0.1, 0.15) is 10.8 Å². The monoisotopic (exact) mass is 500 g/mol. The number of rotatable bonds is 7. The third-order valence-electron chi connectivity index (χ3n) is 5.55. The number of amides is 3. The largest absolute Gasteiger partial charge is 0.495 e. The van der Waals surface area contributed by atoms with Gasteiger partial charge < -0.3 is 20.7 Å². The minimum absolute atomic E-state index is 0.0995. The molecule has 1 aliphatic rings. The highest BCUT2D eigenvalue weighted by molar-refractivity contribution is 7.13. The molecule has 1 fully saturated rings. The van der Waals surface area contributed by atoms with E-state index in [4.69, 9.17) is 16.3 Å². The molecule has 0 aliphatic carbocycles. The highest BCUT2D eigenvalue weighted by Crippen LogP contribution is 2.27. The molecule has 4 rings (SSSR count). The van der Waals surface area contributed by atoms with Gasteiger partial charge in [-0.25, -0.2) is 4.79 Å². The molecule has 0 bridgehead atoms. The lowest BCUT2D eigenvalue weighted by molar-refractivity contribution is -0.117. The van der Waals surface area contributed by atoms with Crippen molar-refractivity contribution in [1.29, 1.82) is 0 Å². The van der Waals surface area contributed by atoms with Crippen molar-refractivity contribution in [2.24, 2.45) is 0 Å². The minimum atomic E-state index is -0.303. The van der Waals surface area contributed by atoms with Crippen molar-refractivity contribution in [2.45, 2.75) is 18.4 Å². The first-order chi connectivity index (χ1) is 16.5. The van der Waals surface area contributed by atoms with Crippen LogP contribution in [0, 0.1) is 0 Å². The van der Waals surface area contributed by atoms with Crippen LogP contribution in [0.25, 0.3) is 0 Å². The number of urea groups is 1. The Morgan fingerprint density at radius 2 is 2.00 bits per heavy atom. The van der Waals surface area contributed by atoms with E-state index in [1.807, 2.05) is 12.1 Å². The molecule has 0 radical (unpaired) electrons. The second-order valence-electron chi connectivity index (χ2n) is 7.88. The number of hydrogen-bond donors (Lipinski definition) is 3. The number of nitrogens with one attached hydrogen (secondary N) is 3. The normalized spacial score (nSPS) is 18.2. The molecule has 2 atom stereocenters. The molecule has 0 unspecified atom stereocenters. The van der Waals surface area contributed by atoms with E-state index in [0.29, 0.717) is 41.0 Å². The number of ether oxygens (including phenoxy) is 1. The number of carbonyl (C=O) groups excluding carboxylic acids is 2. The summed E-state index contributed by atoms with van der Waals surface area (Å²) in [5, 5.41) is 10.1. The number of anilines is 2. The Balaban J connectivity index is 1.43. The molecule has 9 nitrogen and oxygen atoms in total. The molecular weight excluding hydrogens is 476 g/mol. The summed E-state index contributed by atoms with van der Waals surface area (Å²) in [5.74, 6) is 0.453. The van der Waals surface area contributed by atoms with Gasteiger partial charge in [0.15, 0.2) is 0 Å². The summed E-state index contributed by atoms with van der Waals surface area (Å²) in [6, 6.07) is 10.2. The standard InChI is InChI=1S/C23H25ClN6O3S/c1-33-17-6-7-19(26-10-17)18-12-30(13-21(31)29-22-11-25-14-34-22)9-8-20(18)28-23(32)27-16-4-2-15(24)3-5-16/h2-7,10-11,14,18,20H,8-9,12-13H2,1H3,(H,29,31)(H2,27,28,32)/t18-,20+/m0/s1. The van der Waals surface area contributed by atoms with Gasteiger partial charge in [-0.2, -0.15) is 0 Å². The summed E-state index contributed by atoms with van der Waals surface area (Å²) in [4.78, 5) is 35.8. The fourth-order valence-electron chi connectivity index (χ4n) is 3.89. The Morgan fingerprint density at radius 3 is 2.68 bits per heavy atom.